The second kappa shape index (κ2) is 7.54. The molecule has 0 radical (unpaired) electrons. The van der Waals surface area contributed by atoms with Crippen molar-refractivity contribution in [2.75, 3.05) is 37.7 Å². The van der Waals surface area contributed by atoms with E-state index in [1.165, 1.54) is 0 Å². The zero-order chi connectivity index (χ0) is 19.8. The van der Waals surface area contributed by atoms with Gasteiger partial charge in [-0.3, -0.25) is 14.4 Å². The minimum absolute atomic E-state index is 0.119. The monoisotopic (exact) mass is 396 g/mol. The third-order valence-electron chi connectivity index (χ3n) is 5.69. The molecule has 0 saturated carbocycles. The molecular formula is C19H32N4O3S. The fourth-order valence-electron chi connectivity index (χ4n) is 4.10. The van der Waals surface area contributed by atoms with Crippen LogP contribution in [0.1, 0.15) is 45.2 Å². The summed E-state index contributed by atoms with van der Waals surface area (Å²) in [5.74, 6) is 1.11. The number of rotatable bonds is 3. The number of piperidine rings is 1. The summed E-state index contributed by atoms with van der Waals surface area (Å²) in [4.78, 5) is 16.8. The van der Waals surface area contributed by atoms with Crippen LogP contribution < -0.4 is 0 Å². The maximum absolute atomic E-state index is 12.5. The highest BCUT2D eigenvalue weighted by molar-refractivity contribution is 7.91. The number of carbonyl (C=O) groups excluding carboxylic acids is 1. The van der Waals surface area contributed by atoms with Crippen molar-refractivity contribution in [2.24, 2.45) is 18.4 Å². The number of likely N-dealkylation sites (tertiary alicyclic amines) is 1. The molecule has 0 spiro atoms. The smallest absolute Gasteiger partial charge is 0.227 e. The van der Waals surface area contributed by atoms with Gasteiger partial charge in [0.25, 0.3) is 0 Å². The summed E-state index contributed by atoms with van der Waals surface area (Å²) in [5, 5.41) is 4.22. The van der Waals surface area contributed by atoms with Crippen LogP contribution in [0.2, 0.25) is 0 Å². The van der Waals surface area contributed by atoms with Crippen LogP contribution in [0.5, 0.6) is 0 Å². The van der Waals surface area contributed by atoms with Crippen molar-refractivity contribution in [3.63, 3.8) is 0 Å². The molecule has 1 amide bonds. The van der Waals surface area contributed by atoms with Crippen LogP contribution in [0, 0.1) is 11.3 Å². The fraction of sp³-hybridized carbons (Fsp3) is 0.789. The molecular weight excluding hydrogens is 364 g/mol. The lowest BCUT2D eigenvalue weighted by molar-refractivity contribution is -0.141. The number of hydrogen-bond acceptors (Lipinski definition) is 5. The molecule has 0 aromatic carbocycles. The molecule has 3 rings (SSSR count). The van der Waals surface area contributed by atoms with Gasteiger partial charge in [-0.05, 0) is 18.8 Å². The number of sulfone groups is 1. The van der Waals surface area contributed by atoms with Crippen molar-refractivity contribution in [2.45, 2.75) is 39.7 Å². The molecule has 0 aliphatic carbocycles. The number of amides is 1. The summed E-state index contributed by atoms with van der Waals surface area (Å²) in [6.07, 6.45) is 5.65. The predicted octanol–water partition coefficient (Wildman–Crippen LogP) is 1.48. The zero-order valence-electron chi connectivity index (χ0n) is 16.9. The summed E-state index contributed by atoms with van der Waals surface area (Å²) in [6, 6.07) is -0.119. The first kappa shape index (κ1) is 20.3. The van der Waals surface area contributed by atoms with Gasteiger partial charge in [-0.1, -0.05) is 20.8 Å². The predicted molar refractivity (Wildman–Crippen MR) is 105 cm³/mol. The van der Waals surface area contributed by atoms with Crippen molar-refractivity contribution >= 4 is 15.7 Å². The average molecular weight is 397 g/mol. The molecule has 152 valence electrons. The molecule has 2 aliphatic heterocycles. The Balaban J connectivity index is 1.63. The largest absolute Gasteiger partial charge is 0.342 e. The molecule has 3 heterocycles. The average Bonchev–Trinajstić information content (AvgIpc) is 3.02. The van der Waals surface area contributed by atoms with E-state index >= 15 is 0 Å². The van der Waals surface area contributed by atoms with E-state index in [-0.39, 0.29) is 28.9 Å². The zero-order valence-corrected chi connectivity index (χ0v) is 17.7. The SMILES string of the molecule is Cn1cc(C2CS(=O)(=O)CCN2CC2CCN(C(=O)C(C)(C)C)CC2)cn1. The molecule has 1 unspecified atom stereocenters. The summed E-state index contributed by atoms with van der Waals surface area (Å²) in [5.41, 5.74) is 0.639. The maximum Gasteiger partial charge on any atom is 0.227 e. The molecule has 2 saturated heterocycles. The van der Waals surface area contributed by atoms with Crippen molar-refractivity contribution in [3.8, 4) is 0 Å². The molecule has 0 N–H and O–H groups in total. The van der Waals surface area contributed by atoms with Gasteiger partial charge in [0.05, 0.1) is 23.7 Å². The van der Waals surface area contributed by atoms with Crippen LogP contribution in [0.3, 0.4) is 0 Å². The van der Waals surface area contributed by atoms with E-state index in [4.69, 9.17) is 0 Å². The van der Waals surface area contributed by atoms with Crippen LogP contribution in [0.4, 0.5) is 0 Å². The Morgan fingerprint density at radius 2 is 1.89 bits per heavy atom. The van der Waals surface area contributed by atoms with E-state index in [1.807, 2.05) is 38.9 Å². The van der Waals surface area contributed by atoms with Crippen LogP contribution in [-0.4, -0.2) is 71.6 Å². The van der Waals surface area contributed by atoms with Gasteiger partial charge in [0.1, 0.15) is 0 Å². The Morgan fingerprint density at radius 3 is 2.44 bits per heavy atom. The molecule has 1 aromatic heterocycles. The standard InChI is InChI=1S/C19H32N4O3S/c1-19(2,3)18(24)22-7-5-15(6-8-22)12-23-9-10-27(25,26)14-17(23)16-11-20-21(4)13-16/h11,13,15,17H,5-10,12,14H2,1-4H3. The highest BCUT2D eigenvalue weighted by atomic mass is 32.2. The van der Waals surface area contributed by atoms with Gasteiger partial charge in [-0.15, -0.1) is 0 Å². The van der Waals surface area contributed by atoms with E-state index < -0.39 is 9.84 Å². The van der Waals surface area contributed by atoms with Gasteiger partial charge in [0.2, 0.25) is 5.91 Å². The second-order valence-electron chi connectivity index (χ2n) is 9.06. The first-order valence-corrected chi connectivity index (χ1v) is 11.6. The van der Waals surface area contributed by atoms with Crippen LogP contribution in [0.25, 0.3) is 0 Å². The highest BCUT2D eigenvalue weighted by Crippen LogP contribution is 2.30. The van der Waals surface area contributed by atoms with E-state index in [0.717, 1.165) is 38.0 Å². The maximum atomic E-state index is 12.5. The third kappa shape index (κ3) is 4.90. The van der Waals surface area contributed by atoms with E-state index in [0.29, 0.717) is 12.5 Å². The van der Waals surface area contributed by atoms with E-state index in [2.05, 4.69) is 10.00 Å². The summed E-state index contributed by atoms with van der Waals surface area (Å²) >= 11 is 0. The lowest BCUT2D eigenvalue weighted by Gasteiger charge is -2.40. The summed E-state index contributed by atoms with van der Waals surface area (Å²) in [7, 11) is -1.16. The Bertz CT molecular complexity index is 773. The lowest BCUT2D eigenvalue weighted by atomic mass is 9.90. The highest BCUT2D eigenvalue weighted by Gasteiger charge is 2.36. The molecule has 1 atom stereocenters. The van der Waals surface area contributed by atoms with Crippen LogP contribution >= 0.6 is 0 Å². The number of aryl methyl sites for hydroxylation is 1. The van der Waals surface area contributed by atoms with Gasteiger partial charge in [-0.2, -0.15) is 5.10 Å². The molecule has 0 bridgehead atoms. The normalized spacial score (nSPS) is 24.9. The van der Waals surface area contributed by atoms with Crippen molar-refractivity contribution in [3.05, 3.63) is 18.0 Å². The van der Waals surface area contributed by atoms with Gasteiger partial charge < -0.3 is 4.90 Å². The Labute approximate surface area is 162 Å². The van der Waals surface area contributed by atoms with E-state index in [1.54, 1.807) is 10.9 Å². The molecule has 2 aliphatic rings. The molecule has 2 fully saturated rings. The van der Waals surface area contributed by atoms with Crippen molar-refractivity contribution in [1.29, 1.82) is 0 Å². The van der Waals surface area contributed by atoms with Crippen LogP contribution in [-0.2, 0) is 21.7 Å². The summed E-state index contributed by atoms with van der Waals surface area (Å²) in [6.45, 7) is 8.95. The fourth-order valence-corrected chi connectivity index (χ4v) is 5.67. The molecule has 7 nitrogen and oxygen atoms in total. The lowest BCUT2D eigenvalue weighted by Crippen LogP contribution is -2.48. The summed E-state index contributed by atoms with van der Waals surface area (Å²) < 4.78 is 26.1. The number of nitrogens with zero attached hydrogens (tertiary/aromatic N) is 4. The topological polar surface area (TPSA) is 75.5 Å². The Kier molecular flexibility index (Phi) is 5.68. The van der Waals surface area contributed by atoms with Gasteiger partial charge in [0, 0.05) is 50.4 Å². The third-order valence-corrected chi connectivity index (χ3v) is 7.32. The van der Waals surface area contributed by atoms with Gasteiger partial charge in [-0.25, -0.2) is 8.42 Å². The minimum Gasteiger partial charge on any atom is -0.342 e. The van der Waals surface area contributed by atoms with Gasteiger partial charge >= 0.3 is 0 Å². The first-order chi connectivity index (χ1) is 12.5. The second-order valence-corrected chi connectivity index (χ2v) is 11.3. The van der Waals surface area contributed by atoms with Crippen molar-refractivity contribution in [1.82, 2.24) is 19.6 Å². The quantitative estimate of drug-likeness (QED) is 0.774. The van der Waals surface area contributed by atoms with E-state index in [9.17, 15) is 13.2 Å². The molecule has 1 aromatic rings. The van der Waals surface area contributed by atoms with Gasteiger partial charge in [0.15, 0.2) is 9.84 Å². The minimum atomic E-state index is -3.01. The Hall–Kier alpha value is -1.41. The number of carbonyl (C=O) groups is 1. The Morgan fingerprint density at radius 1 is 1.22 bits per heavy atom. The van der Waals surface area contributed by atoms with Crippen molar-refractivity contribution < 1.29 is 13.2 Å². The molecule has 27 heavy (non-hydrogen) atoms. The number of hydrogen-bond donors (Lipinski definition) is 0. The van der Waals surface area contributed by atoms with Crippen LogP contribution in [0.15, 0.2) is 12.4 Å². The first-order valence-electron chi connectivity index (χ1n) is 9.77. The molecule has 8 heteroatoms. The number of aromatic nitrogens is 2.